The second kappa shape index (κ2) is 4.04. The molecule has 1 aliphatic heterocycles. The highest BCUT2D eigenvalue weighted by Crippen LogP contribution is 2.08. The summed E-state index contributed by atoms with van der Waals surface area (Å²) in [6, 6.07) is 0. The van der Waals surface area contributed by atoms with E-state index in [4.69, 9.17) is 9.47 Å². The van der Waals surface area contributed by atoms with E-state index in [0.29, 0.717) is 6.10 Å². The van der Waals surface area contributed by atoms with Crippen molar-refractivity contribution in [3.63, 3.8) is 0 Å². The van der Waals surface area contributed by atoms with Gasteiger partial charge in [-0.15, -0.1) is 0 Å². The Morgan fingerprint density at radius 1 is 1.55 bits per heavy atom. The van der Waals surface area contributed by atoms with Gasteiger partial charge in [-0.2, -0.15) is 0 Å². The van der Waals surface area contributed by atoms with Gasteiger partial charge in [-0.1, -0.05) is 0 Å². The summed E-state index contributed by atoms with van der Waals surface area (Å²) in [6.07, 6.45) is 0.709. The number of morpholine rings is 1. The summed E-state index contributed by atoms with van der Waals surface area (Å²) >= 11 is 0. The van der Waals surface area contributed by atoms with Gasteiger partial charge in [-0.25, -0.2) is 0 Å². The maximum absolute atomic E-state index is 5.65. The molecule has 1 rings (SSSR count). The van der Waals surface area contributed by atoms with Crippen molar-refractivity contribution in [3.8, 4) is 0 Å². The molecule has 1 N–H and O–H groups in total. The van der Waals surface area contributed by atoms with E-state index < -0.39 is 0 Å². The fourth-order valence-electron chi connectivity index (χ4n) is 1.25. The van der Waals surface area contributed by atoms with Gasteiger partial charge in [-0.3, -0.25) is 0 Å². The molecule has 66 valence electrons. The first-order valence-corrected chi connectivity index (χ1v) is 4.13. The van der Waals surface area contributed by atoms with Crippen LogP contribution >= 0.6 is 0 Å². The van der Waals surface area contributed by atoms with Gasteiger partial charge in [0.15, 0.2) is 0 Å². The van der Waals surface area contributed by atoms with Crippen molar-refractivity contribution in [2.24, 2.45) is 0 Å². The maximum atomic E-state index is 5.65. The smallest absolute Gasteiger partial charge is 0.0961 e. The van der Waals surface area contributed by atoms with Gasteiger partial charge in [-0.05, 0) is 13.8 Å². The van der Waals surface area contributed by atoms with E-state index >= 15 is 0 Å². The Morgan fingerprint density at radius 3 is 2.82 bits per heavy atom. The van der Waals surface area contributed by atoms with Crippen molar-refractivity contribution in [1.29, 1.82) is 0 Å². The van der Waals surface area contributed by atoms with Crippen LogP contribution < -0.4 is 5.32 Å². The minimum absolute atomic E-state index is 0.185. The predicted octanol–water partition coefficient (Wildman–Crippen LogP) is 0.398. The monoisotopic (exact) mass is 159 g/mol. The largest absolute Gasteiger partial charge is 0.379 e. The van der Waals surface area contributed by atoms with Crippen molar-refractivity contribution >= 4 is 0 Å². The Balaban J connectivity index is 2.33. The molecule has 1 fully saturated rings. The van der Waals surface area contributed by atoms with E-state index in [1.54, 1.807) is 7.11 Å². The van der Waals surface area contributed by atoms with Crippen LogP contribution in [0.1, 0.15) is 13.8 Å². The highest BCUT2D eigenvalue weighted by molar-refractivity contribution is 4.76. The summed E-state index contributed by atoms with van der Waals surface area (Å²) in [6.45, 7) is 5.96. The highest BCUT2D eigenvalue weighted by Gasteiger charge is 2.23. The lowest BCUT2D eigenvalue weighted by Crippen LogP contribution is -2.48. The number of methoxy groups -OCH3 is 1. The van der Waals surface area contributed by atoms with E-state index in [0.717, 1.165) is 13.1 Å². The Hall–Kier alpha value is -0.120. The molecule has 0 spiro atoms. The summed E-state index contributed by atoms with van der Waals surface area (Å²) in [7, 11) is 1.72. The summed E-state index contributed by atoms with van der Waals surface area (Å²) < 4.78 is 10.8. The van der Waals surface area contributed by atoms with Gasteiger partial charge >= 0.3 is 0 Å². The van der Waals surface area contributed by atoms with E-state index in [-0.39, 0.29) is 12.2 Å². The Labute approximate surface area is 68.1 Å². The van der Waals surface area contributed by atoms with Crippen LogP contribution in [0.15, 0.2) is 0 Å². The zero-order valence-electron chi connectivity index (χ0n) is 7.46. The molecule has 0 saturated carbocycles. The first-order valence-electron chi connectivity index (χ1n) is 4.13. The lowest BCUT2D eigenvalue weighted by molar-refractivity contribution is -0.0938. The topological polar surface area (TPSA) is 30.5 Å². The Bertz CT molecular complexity index is 119. The summed E-state index contributed by atoms with van der Waals surface area (Å²) in [5.74, 6) is 0. The maximum Gasteiger partial charge on any atom is 0.0961 e. The average Bonchev–Trinajstić information content (AvgIpc) is 2.03. The average molecular weight is 159 g/mol. The predicted molar refractivity (Wildman–Crippen MR) is 43.7 cm³/mol. The van der Waals surface area contributed by atoms with Gasteiger partial charge in [0.05, 0.1) is 18.3 Å². The molecule has 0 aromatic heterocycles. The minimum atomic E-state index is 0.185. The van der Waals surface area contributed by atoms with Gasteiger partial charge in [0.1, 0.15) is 0 Å². The summed E-state index contributed by atoms with van der Waals surface area (Å²) in [5.41, 5.74) is 0. The van der Waals surface area contributed by atoms with E-state index in [1.807, 2.05) is 6.92 Å². The van der Waals surface area contributed by atoms with Crippen molar-refractivity contribution in [2.75, 3.05) is 20.2 Å². The number of ether oxygens (including phenoxy) is 2. The third-order valence-corrected chi connectivity index (χ3v) is 2.08. The van der Waals surface area contributed by atoms with Crippen LogP contribution in [-0.4, -0.2) is 38.5 Å². The zero-order chi connectivity index (χ0) is 8.27. The van der Waals surface area contributed by atoms with Crippen molar-refractivity contribution in [3.05, 3.63) is 0 Å². The zero-order valence-corrected chi connectivity index (χ0v) is 7.46. The lowest BCUT2D eigenvalue weighted by atomic mass is 10.2. The van der Waals surface area contributed by atoms with Crippen LogP contribution in [0, 0.1) is 0 Å². The number of hydrogen-bond donors (Lipinski definition) is 1. The van der Waals surface area contributed by atoms with Crippen LogP contribution in [0.3, 0.4) is 0 Å². The first kappa shape index (κ1) is 8.97. The number of nitrogens with one attached hydrogen (secondary N) is 1. The molecular formula is C8H17NO2. The third-order valence-electron chi connectivity index (χ3n) is 2.08. The second-order valence-corrected chi connectivity index (χ2v) is 3.08. The van der Waals surface area contributed by atoms with Crippen LogP contribution in [0.5, 0.6) is 0 Å². The molecule has 0 aromatic carbocycles. The van der Waals surface area contributed by atoms with Crippen molar-refractivity contribution < 1.29 is 9.47 Å². The molecule has 0 bridgehead atoms. The van der Waals surface area contributed by atoms with Crippen LogP contribution in [0.25, 0.3) is 0 Å². The highest BCUT2D eigenvalue weighted by atomic mass is 16.5. The normalized spacial score (nSPS) is 35.2. The molecule has 3 nitrogen and oxygen atoms in total. The van der Waals surface area contributed by atoms with Crippen molar-refractivity contribution in [1.82, 2.24) is 5.32 Å². The van der Waals surface area contributed by atoms with Crippen LogP contribution in [-0.2, 0) is 9.47 Å². The Kier molecular flexibility index (Phi) is 3.30. The quantitative estimate of drug-likeness (QED) is 0.632. The first-order chi connectivity index (χ1) is 5.24. The molecule has 0 aliphatic carbocycles. The van der Waals surface area contributed by atoms with E-state index in [1.165, 1.54) is 0 Å². The molecule has 0 radical (unpaired) electrons. The molecule has 11 heavy (non-hydrogen) atoms. The molecule has 3 atom stereocenters. The van der Waals surface area contributed by atoms with Crippen LogP contribution in [0.2, 0.25) is 0 Å². The number of hydrogen-bond acceptors (Lipinski definition) is 3. The van der Waals surface area contributed by atoms with Gasteiger partial charge in [0.25, 0.3) is 0 Å². The SMILES string of the molecule is COC(C)C1CNCC(C)O1. The summed E-state index contributed by atoms with van der Waals surface area (Å²) in [5, 5.41) is 3.29. The molecule has 0 amide bonds. The standard InChI is InChI=1S/C8H17NO2/c1-6-4-9-5-8(11-6)7(2)10-3/h6-9H,4-5H2,1-3H3. The molecule has 1 saturated heterocycles. The molecule has 3 heteroatoms. The van der Waals surface area contributed by atoms with Gasteiger partial charge in [0.2, 0.25) is 0 Å². The number of rotatable bonds is 2. The minimum Gasteiger partial charge on any atom is -0.379 e. The molecule has 0 aromatic rings. The fourth-order valence-corrected chi connectivity index (χ4v) is 1.25. The lowest BCUT2D eigenvalue weighted by Gasteiger charge is -2.31. The van der Waals surface area contributed by atoms with Crippen molar-refractivity contribution in [2.45, 2.75) is 32.2 Å². The fraction of sp³-hybridized carbons (Fsp3) is 1.00. The Morgan fingerprint density at radius 2 is 2.27 bits per heavy atom. The molecule has 3 unspecified atom stereocenters. The van der Waals surface area contributed by atoms with Gasteiger partial charge in [0, 0.05) is 20.2 Å². The van der Waals surface area contributed by atoms with E-state index in [2.05, 4.69) is 12.2 Å². The van der Waals surface area contributed by atoms with Gasteiger partial charge < -0.3 is 14.8 Å². The second-order valence-electron chi connectivity index (χ2n) is 3.08. The molecule has 1 heterocycles. The molecule has 1 aliphatic rings. The van der Waals surface area contributed by atoms with E-state index in [9.17, 15) is 0 Å². The third kappa shape index (κ3) is 2.43. The summed E-state index contributed by atoms with van der Waals surface area (Å²) in [4.78, 5) is 0. The van der Waals surface area contributed by atoms with Crippen LogP contribution in [0.4, 0.5) is 0 Å². The molecular weight excluding hydrogens is 142 g/mol.